The Morgan fingerprint density at radius 3 is 2.94 bits per heavy atom. The minimum absolute atomic E-state index is 0.0747. The number of hydrogen-bond acceptors (Lipinski definition) is 3. The van der Waals surface area contributed by atoms with Crippen molar-refractivity contribution in [3.05, 3.63) is 30.2 Å². The van der Waals surface area contributed by atoms with E-state index in [1.165, 1.54) is 6.08 Å². The zero-order valence-corrected chi connectivity index (χ0v) is 11.0. The molecule has 0 aliphatic heterocycles. The molecule has 0 aliphatic carbocycles. The normalized spacial score (nSPS) is 11.9. The third-order valence-electron chi connectivity index (χ3n) is 2.70. The number of carbonyl (C=O) groups excluding carboxylic acids is 1. The summed E-state index contributed by atoms with van der Waals surface area (Å²) in [5, 5.41) is 11.9. The number of furan rings is 1. The number of carbonyl (C=O) groups is 1. The van der Waals surface area contributed by atoms with Crippen LogP contribution in [0.1, 0.15) is 32.4 Å². The van der Waals surface area contributed by atoms with Gasteiger partial charge in [0, 0.05) is 19.2 Å². The standard InChI is InChI=1S/C14H21NO3/c1-14(2,11-16)8-4-9-15-13(17)7-6-12-5-3-10-18-12/h3,5-7,10,16H,4,8-9,11H2,1-2H3,(H,15,17)/b7-6+. The van der Waals surface area contributed by atoms with Gasteiger partial charge in [0.2, 0.25) is 5.91 Å². The third kappa shape index (κ3) is 5.68. The zero-order chi connectivity index (χ0) is 13.4. The van der Waals surface area contributed by atoms with Gasteiger partial charge in [-0.05, 0) is 36.5 Å². The van der Waals surface area contributed by atoms with Crippen molar-refractivity contribution in [1.82, 2.24) is 5.32 Å². The Hall–Kier alpha value is -1.55. The molecule has 1 heterocycles. The Morgan fingerprint density at radius 2 is 2.33 bits per heavy atom. The van der Waals surface area contributed by atoms with Gasteiger partial charge in [-0.25, -0.2) is 0 Å². The predicted octanol–water partition coefficient (Wildman–Crippen LogP) is 2.21. The minimum Gasteiger partial charge on any atom is -0.465 e. The van der Waals surface area contributed by atoms with Crippen LogP contribution < -0.4 is 5.32 Å². The van der Waals surface area contributed by atoms with E-state index in [9.17, 15) is 4.79 Å². The molecule has 100 valence electrons. The molecule has 1 rings (SSSR count). The summed E-state index contributed by atoms with van der Waals surface area (Å²) < 4.78 is 5.07. The number of amides is 1. The molecular weight excluding hydrogens is 230 g/mol. The van der Waals surface area contributed by atoms with Crippen LogP contribution in [-0.2, 0) is 4.79 Å². The Morgan fingerprint density at radius 1 is 1.56 bits per heavy atom. The van der Waals surface area contributed by atoms with Crippen LogP contribution in [0.25, 0.3) is 6.08 Å². The fourth-order valence-electron chi connectivity index (χ4n) is 1.46. The van der Waals surface area contributed by atoms with Crippen LogP contribution in [-0.4, -0.2) is 24.2 Å². The number of hydrogen-bond donors (Lipinski definition) is 2. The molecule has 18 heavy (non-hydrogen) atoms. The molecule has 0 saturated heterocycles. The van der Waals surface area contributed by atoms with Crippen LogP contribution in [0.3, 0.4) is 0 Å². The summed E-state index contributed by atoms with van der Waals surface area (Å²) in [5.41, 5.74) is -0.0747. The molecule has 0 saturated carbocycles. The van der Waals surface area contributed by atoms with E-state index in [1.807, 2.05) is 13.8 Å². The van der Waals surface area contributed by atoms with E-state index < -0.39 is 0 Å². The van der Waals surface area contributed by atoms with E-state index in [2.05, 4.69) is 5.32 Å². The summed E-state index contributed by atoms with van der Waals surface area (Å²) in [4.78, 5) is 11.4. The molecule has 0 aliphatic rings. The Kier molecular flexibility index (Phi) is 5.65. The lowest BCUT2D eigenvalue weighted by Gasteiger charge is -2.20. The monoisotopic (exact) mass is 251 g/mol. The molecule has 0 fully saturated rings. The summed E-state index contributed by atoms with van der Waals surface area (Å²) in [6.07, 6.45) is 6.39. The maximum atomic E-state index is 11.4. The summed E-state index contributed by atoms with van der Waals surface area (Å²) in [5.74, 6) is 0.528. The first kappa shape index (κ1) is 14.5. The van der Waals surface area contributed by atoms with Crippen LogP contribution >= 0.6 is 0 Å². The lowest BCUT2D eigenvalue weighted by atomic mass is 9.89. The largest absolute Gasteiger partial charge is 0.465 e. The topological polar surface area (TPSA) is 62.5 Å². The van der Waals surface area contributed by atoms with Crippen molar-refractivity contribution in [2.45, 2.75) is 26.7 Å². The quantitative estimate of drug-likeness (QED) is 0.577. The first-order chi connectivity index (χ1) is 8.53. The second kappa shape index (κ2) is 7.01. The average molecular weight is 251 g/mol. The molecule has 1 aromatic heterocycles. The summed E-state index contributed by atoms with van der Waals surface area (Å²) >= 11 is 0. The van der Waals surface area contributed by atoms with E-state index in [-0.39, 0.29) is 17.9 Å². The average Bonchev–Trinajstić information content (AvgIpc) is 2.85. The highest BCUT2D eigenvalue weighted by Gasteiger charge is 2.15. The van der Waals surface area contributed by atoms with E-state index in [4.69, 9.17) is 9.52 Å². The molecule has 2 N–H and O–H groups in total. The SMILES string of the molecule is CC(C)(CO)CCCNC(=O)/C=C/c1ccco1. The fraction of sp³-hybridized carbons (Fsp3) is 0.500. The van der Waals surface area contributed by atoms with Gasteiger partial charge in [-0.3, -0.25) is 4.79 Å². The highest BCUT2D eigenvalue weighted by atomic mass is 16.3. The Bertz CT molecular complexity index is 380. The van der Waals surface area contributed by atoms with Crippen molar-refractivity contribution < 1.29 is 14.3 Å². The van der Waals surface area contributed by atoms with Crippen LogP contribution in [0, 0.1) is 5.41 Å². The zero-order valence-electron chi connectivity index (χ0n) is 11.0. The second-order valence-corrected chi connectivity index (χ2v) is 5.07. The van der Waals surface area contributed by atoms with Crippen LogP contribution in [0.4, 0.5) is 0 Å². The minimum atomic E-state index is -0.131. The van der Waals surface area contributed by atoms with Crippen LogP contribution in [0.2, 0.25) is 0 Å². The van der Waals surface area contributed by atoms with Crippen molar-refractivity contribution in [2.75, 3.05) is 13.2 Å². The third-order valence-corrected chi connectivity index (χ3v) is 2.70. The molecule has 1 amide bonds. The van der Waals surface area contributed by atoms with Gasteiger partial charge in [0.25, 0.3) is 0 Å². The number of rotatable bonds is 7. The lowest BCUT2D eigenvalue weighted by molar-refractivity contribution is -0.116. The van der Waals surface area contributed by atoms with Gasteiger partial charge in [-0.2, -0.15) is 0 Å². The maximum absolute atomic E-state index is 11.4. The highest BCUT2D eigenvalue weighted by molar-refractivity contribution is 5.91. The van der Waals surface area contributed by atoms with Crippen molar-refractivity contribution in [3.63, 3.8) is 0 Å². The van der Waals surface area contributed by atoms with Crippen LogP contribution in [0.15, 0.2) is 28.9 Å². The fourth-order valence-corrected chi connectivity index (χ4v) is 1.46. The van der Waals surface area contributed by atoms with Gasteiger partial charge in [0.15, 0.2) is 0 Å². The molecular formula is C14H21NO3. The number of aliphatic hydroxyl groups is 1. The molecule has 4 heteroatoms. The van der Waals surface area contributed by atoms with E-state index in [0.29, 0.717) is 12.3 Å². The molecule has 0 unspecified atom stereocenters. The van der Waals surface area contributed by atoms with Gasteiger partial charge >= 0.3 is 0 Å². The molecule has 0 radical (unpaired) electrons. The first-order valence-electron chi connectivity index (χ1n) is 6.14. The van der Waals surface area contributed by atoms with Gasteiger partial charge in [0.05, 0.1) is 6.26 Å². The predicted molar refractivity (Wildman–Crippen MR) is 70.9 cm³/mol. The first-order valence-corrected chi connectivity index (χ1v) is 6.14. The molecule has 0 bridgehead atoms. The van der Waals surface area contributed by atoms with Crippen molar-refractivity contribution >= 4 is 12.0 Å². The van der Waals surface area contributed by atoms with Gasteiger partial charge in [-0.1, -0.05) is 13.8 Å². The van der Waals surface area contributed by atoms with E-state index in [0.717, 1.165) is 12.8 Å². The van der Waals surface area contributed by atoms with Crippen molar-refractivity contribution in [3.8, 4) is 0 Å². The van der Waals surface area contributed by atoms with Gasteiger partial charge in [-0.15, -0.1) is 0 Å². The lowest BCUT2D eigenvalue weighted by Crippen LogP contribution is -2.24. The van der Waals surface area contributed by atoms with Gasteiger partial charge < -0.3 is 14.8 Å². The Balaban J connectivity index is 2.18. The van der Waals surface area contributed by atoms with Gasteiger partial charge in [0.1, 0.15) is 5.76 Å². The summed E-state index contributed by atoms with van der Waals surface area (Å²) in [7, 11) is 0. The molecule has 0 atom stereocenters. The molecule has 0 spiro atoms. The summed E-state index contributed by atoms with van der Waals surface area (Å²) in [6, 6.07) is 3.56. The molecule has 0 aromatic carbocycles. The van der Waals surface area contributed by atoms with Crippen LogP contribution in [0.5, 0.6) is 0 Å². The second-order valence-electron chi connectivity index (χ2n) is 5.07. The van der Waals surface area contributed by atoms with E-state index >= 15 is 0 Å². The molecule has 1 aromatic rings. The summed E-state index contributed by atoms with van der Waals surface area (Å²) in [6.45, 7) is 4.79. The smallest absolute Gasteiger partial charge is 0.244 e. The van der Waals surface area contributed by atoms with Crippen molar-refractivity contribution in [1.29, 1.82) is 0 Å². The van der Waals surface area contributed by atoms with Crippen molar-refractivity contribution in [2.24, 2.45) is 5.41 Å². The highest BCUT2D eigenvalue weighted by Crippen LogP contribution is 2.20. The Labute approximate surface area is 108 Å². The molecule has 4 nitrogen and oxygen atoms in total. The van der Waals surface area contributed by atoms with E-state index in [1.54, 1.807) is 24.5 Å². The maximum Gasteiger partial charge on any atom is 0.244 e. The number of aliphatic hydroxyl groups excluding tert-OH is 1. The number of nitrogens with one attached hydrogen (secondary N) is 1.